The van der Waals surface area contributed by atoms with E-state index >= 15 is 0 Å². The highest BCUT2D eigenvalue weighted by molar-refractivity contribution is 5.81. The minimum atomic E-state index is -4.82. The molecule has 1 aliphatic heterocycles. The van der Waals surface area contributed by atoms with Crippen LogP contribution >= 0.6 is 0 Å². The summed E-state index contributed by atoms with van der Waals surface area (Å²) in [7, 11) is 1.73. The summed E-state index contributed by atoms with van der Waals surface area (Å²) < 4.78 is 38.6. The molecule has 8 heteroatoms. The molecule has 5 nitrogen and oxygen atoms in total. The Labute approximate surface area is 108 Å². The lowest BCUT2D eigenvalue weighted by atomic mass is 9.85. The van der Waals surface area contributed by atoms with Crippen LogP contribution in [-0.4, -0.2) is 39.9 Å². The van der Waals surface area contributed by atoms with Crippen molar-refractivity contribution in [3.05, 3.63) is 18.0 Å². The van der Waals surface area contributed by atoms with Crippen LogP contribution in [0, 0.1) is 0 Å². The maximum Gasteiger partial charge on any atom is 0.471 e. The molecule has 0 aromatic carbocycles. The summed E-state index contributed by atoms with van der Waals surface area (Å²) in [6.45, 7) is 0.0000463. The predicted molar refractivity (Wildman–Crippen MR) is 60.9 cm³/mol. The van der Waals surface area contributed by atoms with Gasteiger partial charge < -0.3 is 10.6 Å². The minimum Gasteiger partial charge on any atom is -0.335 e. The first-order chi connectivity index (χ1) is 8.74. The maximum atomic E-state index is 12.3. The van der Waals surface area contributed by atoms with Crippen LogP contribution in [0.1, 0.15) is 18.5 Å². The van der Waals surface area contributed by atoms with Crippen LogP contribution in [0.3, 0.4) is 0 Å². The lowest BCUT2D eigenvalue weighted by Gasteiger charge is -2.39. The molecule has 0 saturated carbocycles. The number of halogens is 3. The number of aryl methyl sites for hydroxylation is 1. The van der Waals surface area contributed by atoms with Gasteiger partial charge in [0, 0.05) is 26.3 Å². The van der Waals surface area contributed by atoms with Crippen molar-refractivity contribution in [2.24, 2.45) is 12.8 Å². The number of hydrogen-bond donors (Lipinski definition) is 1. The zero-order chi connectivity index (χ0) is 14.3. The lowest BCUT2D eigenvalue weighted by molar-refractivity contribution is -0.187. The topological polar surface area (TPSA) is 64.2 Å². The fraction of sp³-hybridized carbons (Fsp3) is 0.636. The summed E-state index contributed by atoms with van der Waals surface area (Å²) in [5.41, 5.74) is 6.26. The van der Waals surface area contributed by atoms with E-state index in [-0.39, 0.29) is 25.9 Å². The highest BCUT2D eigenvalue weighted by Gasteiger charge is 2.45. The van der Waals surface area contributed by atoms with Crippen LogP contribution in [0.25, 0.3) is 0 Å². The number of aromatic nitrogens is 2. The van der Waals surface area contributed by atoms with Crippen molar-refractivity contribution in [2.45, 2.75) is 24.6 Å². The van der Waals surface area contributed by atoms with E-state index in [4.69, 9.17) is 5.73 Å². The summed E-state index contributed by atoms with van der Waals surface area (Å²) in [6.07, 6.45) is -2.65. The zero-order valence-electron chi connectivity index (χ0n) is 10.4. The molecule has 0 radical (unpaired) electrons. The van der Waals surface area contributed by atoms with Crippen molar-refractivity contribution in [3.8, 4) is 0 Å². The Kier molecular flexibility index (Phi) is 3.29. The maximum absolute atomic E-state index is 12.3. The molecule has 1 aromatic rings. The summed E-state index contributed by atoms with van der Waals surface area (Å²) in [4.78, 5) is 11.9. The first-order valence-electron chi connectivity index (χ1n) is 5.87. The minimum absolute atomic E-state index is 0.0000231. The average molecular weight is 276 g/mol. The highest BCUT2D eigenvalue weighted by atomic mass is 19.4. The van der Waals surface area contributed by atoms with E-state index in [1.54, 1.807) is 24.0 Å². The summed E-state index contributed by atoms with van der Waals surface area (Å²) >= 11 is 0. The van der Waals surface area contributed by atoms with Crippen molar-refractivity contribution in [3.63, 3.8) is 0 Å². The quantitative estimate of drug-likeness (QED) is 0.823. The van der Waals surface area contributed by atoms with Gasteiger partial charge >= 0.3 is 12.1 Å². The van der Waals surface area contributed by atoms with Crippen molar-refractivity contribution < 1.29 is 18.0 Å². The number of carbonyl (C=O) groups excluding carboxylic acids is 1. The molecule has 2 rings (SSSR count). The Balaban J connectivity index is 2.07. The van der Waals surface area contributed by atoms with Crippen molar-refractivity contribution >= 4 is 5.91 Å². The molecular weight excluding hydrogens is 261 g/mol. The van der Waals surface area contributed by atoms with Gasteiger partial charge in [0.1, 0.15) is 0 Å². The lowest BCUT2D eigenvalue weighted by Crippen LogP contribution is -2.53. The molecule has 0 unspecified atom stereocenters. The van der Waals surface area contributed by atoms with Gasteiger partial charge in [-0.3, -0.25) is 9.48 Å². The van der Waals surface area contributed by atoms with E-state index < -0.39 is 17.6 Å². The number of rotatable bonds is 1. The number of alkyl halides is 3. The Morgan fingerprint density at radius 2 is 2.00 bits per heavy atom. The summed E-state index contributed by atoms with van der Waals surface area (Å²) in [6, 6.07) is 1.75. The van der Waals surface area contributed by atoms with E-state index in [2.05, 4.69) is 5.10 Å². The monoisotopic (exact) mass is 276 g/mol. The normalized spacial score (nSPS) is 19.5. The molecule has 1 fully saturated rings. The van der Waals surface area contributed by atoms with Gasteiger partial charge in [-0.15, -0.1) is 0 Å². The fourth-order valence-corrected chi connectivity index (χ4v) is 2.41. The number of piperidine rings is 1. The second kappa shape index (κ2) is 4.52. The van der Waals surface area contributed by atoms with Crippen LogP contribution in [-0.2, 0) is 17.4 Å². The first kappa shape index (κ1) is 13.9. The molecule has 106 valence electrons. The molecule has 1 aromatic heterocycles. The van der Waals surface area contributed by atoms with Crippen molar-refractivity contribution in [1.29, 1.82) is 0 Å². The molecule has 2 heterocycles. The molecule has 19 heavy (non-hydrogen) atoms. The van der Waals surface area contributed by atoms with E-state index in [0.29, 0.717) is 0 Å². The van der Waals surface area contributed by atoms with Gasteiger partial charge in [-0.2, -0.15) is 18.3 Å². The highest BCUT2D eigenvalue weighted by Crippen LogP contribution is 2.31. The van der Waals surface area contributed by atoms with Gasteiger partial charge in [0.15, 0.2) is 0 Å². The average Bonchev–Trinajstić information content (AvgIpc) is 2.75. The standard InChI is InChI=1S/C11H15F3N4O/c1-17-8(2-5-16-17)10(15)3-6-18(7-4-10)9(19)11(12,13)14/h2,5H,3-4,6-7,15H2,1H3. The van der Waals surface area contributed by atoms with Crippen LogP contribution in [0.5, 0.6) is 0 Å². The van der Waals surface area contributed by atoms with E-state index in [1.165, 1.54) is 0 Å². The Morgan fingerprint density at radius 3 is 2.42 bits per heavy atom. The number of nitrogens with two attached hydrogens (primary N) is 1. The van der Waals surface area contributed by atoms with Gasteiger partial charge in [-0.25, -0.2) is 0 Å². The van der Waals surface area contributed by atoms with E-state index in [1.807, 2.05) is 0 Å². The van der Waals surface area contributed by atoms with Gasteiger partial charge in [0.25, 0.3) is 0 Å². The summed E-state index contributed by atoms with van der Waals surface area (Å²) in [5, 5.41) is 4.01. The molecule has 0 atom stereocenters. The number of hydrogen-bond acceptors (Lipinski definition) is 3. The van der Waals surface area contributed by atoms with E-state index in [9.17, 15) is 18.0 Å². The summed E-state index contributed by atoms with van der Waals surface area (Å²) in [5.74, 6) is -1.79. The first-order valence-corrected chi connectivity index (χ1v) is 5.87. The van der Waals surface area contributed by atoms with E-state index in [0.717, 1.165) is 10.6 Å². The molecule has 0 aliphatic carbocycles. The van der Waals surface area contributed by atoms with Gasteiger partial charge in [0.2, 0.25) is 0 Å². The predicted octanol–water partition coefficient (Wildman–Crippen LogP) is 0.759. The van der Waals surface area contributed by atoms with Crippen LogP contribution < -0.4 is 5.73 Å². The fourth-order valence-electron chi connectivity index (χ4n) is 2.41. The van der Waals surface area contributed by atoms with Crippen LogP contribution in [0.2, 0.25) is 0 Å². The molecule has 0 bridgehead atoms. The molecule has 1 saturated heterocycles. The molecule has 2 N–H and O–H groups in total. The number of likely N-dealkylation sites (tertiary alicyclic amines) is 1. The van der Waals surface area contributed by atoms with Gasteiger partial charge in [-0.05, 0) is 18.9 Å². The van der Waals surface area contributed by atoms with Crippen LogP contribution in [0.4, 0.5) is 13.2 Å². The largest absolute Gasteiger partial charge is 0.471 e. The van der Waals surface area contributed by atoms with Crippen LogP contribution in [0.15, 0.2) is 12.3 Å². The molecular formula is C11H15F3N4O. The van der Waals surface area contributed by atoms with Crippen molar-refractivity contribution in [2.75, 3.05) is 13.1 Å². The van der Waals surface area contributed by atoms with Gasteiger partial charge in [-0.1, -0.05) is 0 Å². The SMILES string of the molecule is Cn1nccc1C1(N)CCN(C(=O)C(F)(F)F)CC1. The molecule has 1 aliphatic rings. The molecule has 1 amide bonds. The Morgan fingerprint density at radius 1 is 1.42 bits per heavy atom. The third-order valence-electron chi connectivity index (χ3n) is 3.52. The zero-order valence-corrected chi connectivity index (χ0v) is 10.4. The third kappa shape index (κ3) is 2.58. The Hall–Kier alpha value is -1.57. The number of amides is 1. The number of nitrogens with zero attached hydrogens (tertiary/aromatic N) is 3. The second-order valence-corrected chi connectivity index (χ2v) is 4.79. The Bertz CT molecular complexity index is 475. The third-order valence-corrected chi connectivity index (χ3v) is 3.52. The number of carbonyl (C=O) groups is 1. The molecule has 0 spiro atoms. The van der Waals surface area contributed by atoms with Gasteiger partial charge in [0.05, 0.1) is 11.2 Å². The second-order valence-electron chi connectivity index (χ2n) is 4.79. The smallest absolute Gasteiger partial charge is 0.335 e. The van der Waals surface area contributed by atoms with Crippen molar-refractivity contribution in [1.82, 2.24) is 14.7 Å².